The number of carbonyl (C=O) groups is 3. The molecule has 336 valence electrons. The van der Waals surface area contributed by atoms with E-state index in [9.17, 15) is 39.9 Å². The number of nitrogens with zero attached hydrogens (tertiary/aromatic N) is 1. The van der Waals surface area contributed by atoms with Crippen LogP contribution in [0.15, 0.2) is 41.3 Å². The van der Waals surface area contributed by atoms with Crippen molar-refractivity contribution in [2.24, 2.45) is 28.8 Å². The Labute approximate surface area is 358 Å². The van der Waals surface area contributed by atoms with E-state index in [1.165, 1.54) is 53.2 Å². The minimum absolute atomic E-state index is 0.0413. The second kappa shape index (κ2) is 20.6. The van der Waals surface area contributed by atoms with Gasteiger partial charge < -0.3 is 54.6 Å². The molecule has 0 saturated heterocycles. The summed E-state index contributed by atoms with van der Waals surface area (Å²) >= 11 is 0. The van der Waals surface area contributed by atoms with Gasteiger partial charge in [-0.1, -0.05) is 77.8 Å². The fourth-order valence-corrected chi connectivity index (χ4v) is 8.05. The molecule has 0 spiro atoms. The standard InChI is InChI=1S/C46H64N2O13/c1-12-14-19-30(16-13-2)61-47-22-31-36-41(54)34-33(40(31)53)35-43(28(8)39(34)52)60-46(10,44(35)55)58-21-20-32(57-11)25(5)42(59-29(9)49)27(7)38(51)26(6)37(50)23(3)17-15-18-24(4)45(56)48-36/h15,17-18,20-23,25-27,30,32,37-38,42,50-54H,12-14,16,19H2,1-11H3,(H,48,56)/b17-15+,21-20+,24-18+,47-22+. The van der Waals surface area contributed by atoms with E-state index in [0.29, 0.717) is 6.42 Å². The van der Waals surface area contributed by atoms with Gasteiger partial charge in [-0.3, -0.25) is 14.4 Å². The SMILES string of the molecule is CCCCC(CCC)O/N=C/c1c2c(O)c3c(O)c(C)c4c(c3c1O)C(=O)C(C)(O/C=C/C(OC)C(C)C(OC(C)=O)C(C)C(O)C(C)C(O)C(C)/C=C/C=C(\C)C(=O)N2)O4. The zero-order chi connectivity index (χ0) is 45.5. The maximum absolute atomic E-state index is 14.5. The molecule has 3 heterocycles. The quantitative estimate of drug-likeness (QED) is 0.0450. The van der Waals surface area contributed by atoms with Crippen LogP contribution < -0.4 is 10.1 Å². The van der Waals surface area contributed by atoms with Crippen LogP contribution in [0.25, 0.3) is 10.8 Å². The topological polar surface area (TPSA) is 223 Å². The molecule has 2 aromatic carbocycles. The van der Waals surface area contributed by atoms with Crippen LogP contribution in [0, 0.1) is 30.6 Å². The largest absolute Gasteiger partial charge is 0.507 e. The molecule has 61 heavy (non-hydrogen) atoms. The maximum atomic E-state index is 14.5. The van der Waals surface area contributed by atoms with Gasteiger partial charge in [0.25, 0.3) is 11.7 Å². The number of hydrogen-bond donors (Lipinski definition) is 6. The average molecular weight is 853 g/mol. The number of phenolic OH excluding ortho intramolecular Hbond substituents is 3. The number of phenols is 3. The number of anilines is 1. The lowest BCUT2D eigenvalue weighted by atomic mass is 9.78. The highest BCUT2D eigenvalue weighted by molar-refractivity contribution is 6.23. The van der Waals surface area contributed by atoms with Crippen LogP contribution in [0.2, 0.25) is 0 Å². The predicted octanol–water partition coefficient (Wildman–Crippen LogP) is 7.46. The minimum Gasteiger partial charge on any atom is -0.507 e. The van der Waals surface area contributed by atoms with Crippen molar-refractivity contribution in [3.05, 3.63) is 52.8 Å². The van der Waals surface area contributed by atoms with Gasteiger partial charge in [0.1, 0.15) is 29.5 Å². The van der Waals surface area contributed by atoms with Gasteiger partial charge >= 0.3 is 11.8 Å². The van der Waals surface area contributed by atoms with E-state index >= 15 is 0 Å². The Morgan fingerprint density at radius 1 is 0.951 bits per heavy atom. The first-order valence-electron chi connectivity index (χ1n) is 21.0. The highest BCUT2D eigenvalue weighted by Gasteiger charge is 2.50. The molecule has 15 nitrogen and oxygen atoms in total. The predicted molar refractivity (Wildman–Crippen MR) is 231 cm³/mol. The zero-order valence-corrected chi connectivity index (χ0v) is 37.1. The number of unbranched alkanes of at least 4 members (excludes halogenated alkanes) is 1. The Balaban J connectivity index is 1.97. The molecular formula is C46H64N2O13. The highest BCUT2D eigenvalue weighted by Crippen LogP contribution is 2.55. The van der Waals surface area contributed by atoms with E-state index in [4.69, 9.17) is 23.8 Å². The third-order valence-corrected chi connectivity index (χ3v) is 11.9. The lowest BCUT2D eigenvalue weighted by molar-refractivity contribution is -0.160. The van der Waals surface area contributed by atoms with E-state index in [1.54, 1.807) is 39.8 Å². The van der Waals surface area contributed by atoms with Gasteiger partial charge in [0, 0.05) is 61.2 Å². The van der Waals surface area contributed by atoms with Gasteiger partial charge in [0.15, 0.2) is 5.75 Å². The number of methoxy groups -OCH3 is 1. The summed E-state index contributed by atoms with van der Waals surface area (Å²) in [7, 11) is 1.43. The Hall–Kier alpha value is -5.12. The van der Waals surface area contributed by atoms with E-state index in [-0.39, 0.29) is 50.6 Å². The minimum atomic E-state index is -2.06. The molecule has 0 fully saturated rings. The van der Waals surface area contributed by atoms with E-state index < -0.39 is 88.8 Å². The Bertz CT molecular complexity index is 2060. The molecule has 15 heteroatoms. The number of carbonyl (C=O) groups excluding carboxylic acids is 3. The van der Waals surface area contributed by atoms with Gasteiger partial charge in [-0.05, 0) is 39.2 Å². The van der Waals surface area contributed by atoms with E-state index in [1.807, 2.05) is 6.92 Å². The van der Waals surface area contributed by atoms with Crippen LogP contribution in [-0.2, 0) is 28.6 Å². The van der Waals surface area contributed by atoms with Gasteiger partial charge in [-0.15, -0.1) is 0 Å². The van der Waals surface area contributed by atoms with Crippen LogP contribution in [0.5, 0.6) is 23.0 Å². The molecule has 10 unspecified atom stereocenters. The number of oxime groups is 1. The molecule has 5 rings (SSSR count). The highest BCUT2D eigenvalue weighted by atomic mass is 16.7. The number of ketones is 1. The van der Waals surface area contributed by atoms with Crippen molar-refractivity contribution in [3.8, 4) is 23.0 Å². The Morgan fingerprint density at radius 3 is 2.26 bits per heavy atom. The smallest absolute Gasteiger partial charge is 0.312 e. The summed E-state index contributed by atoms with van der Waals surface area (Å²) in [6, 6.07) is 0. The first-order chi connectivity index (χ1) is 28.8. The molecule has 10 atom stereocenters. The molecule has 1 amide bonds. The van der Waals surface area contributed by atoms with Crippen LogP contribution >= 0.6 is 0 Å². The summed E-state index contributed by atoms with van der Waals surface area (Å²) in [5.41, 5.74) is -0.541. The number of allylic oxidation sites excluding steroid dienone is 2. The normalized spacial score (nSPS) is 30.0. The summed E-state index contributed by atoms with van der Waals surface area (Å²) in [6.45, 7) is 16.6. The summed E-state index contributed by atoms with van der Waals surface area (Å²) in [4.78, 5) is 46.4. The van der Waals surface area contributed by atoms with E-state index in [0.717, 1.165) is 31.9 Å². The number of hydrogen-bond acceptors (Lipinski definition) is 14. The molecule has 0 aromatic heterocycles. The molecule has 0 aliphatic carbocycles. The van der Waals surface area contributed by atoms with Crippen LogP contribution in [-0.4, -0.2) is 92.8 Å². The molecular weight excluding hydrogens is 789 g/mol. The number of fused-ring (bicyclic) bond motifs is 14. The Kier molecular flexibility index (Phi) is 16.4. The van der Waals surface area contributed by atoms with Crippen molar-refractivity contribution >= 4 is 40.3 Å². The van der Waals surface area contributed by atoms with Gasteiger partial charge in [0.05, 0.1) is 53.0 Å². The second-order valence-electron chi connectivity index (χ2n) is 16.5. The molecule has 6 N–H and O–H groups in total. The van der Waals surface area contributed by atoms with Crippen molar-refractivity contribution in [3.63, 3.8) is 0 Å². The number of ether oxygens (including phenoxy) is 4. The van der Waals surface area contributed by atoms with Crippen LogP contribution in [0.4, 0.5) is 5.69 Å². The van der Waals surface area contributed by atoms with Crippen molar-refractivity contribution in [1.29, 1.82) is 0 Å². The molecule has 0 radical (unpaired) electrons. The van der Waals surface area contributed by atoms with Crippen LogP contribution in [0.1, 0.15) is 116 Å². The third-order valence-electron chi connectivity index (χ3n) is 11.9. The van der Waals surface area contributed by atoms with E-state index in [2.05, 4.69) is 17.4 Å². The van der Waals surface area contributed by atoms with Gasteiger partial charge in [0.2, 0.25) is 0 Å². The molecule has 5 bridgehead atoms. The lowest BCUT2D eigenvalue weighted by Gasteiger charge is -2.38. The fraction of sp³-hybridized carbons (Fsp3) is 0.565. The van der Waals surface area contributed by atoms with Crippen molar-refractivity contribution < 1.29 is 63.7 Å². The third kappa shape index (κ3) is 10.3. The first kappa shape index (κ1) is 48.5. The van der Waals surface area contributed by atoms with Crippen molar-refractivity contribution in [1.82, 2.24) is 0 Å². The number of aromatic hydroxyl groups is 3. The molecule has 3 aliphatic heterocycles. The lowest BCUT2D eigenvalue weighted by Crippen LogP contribution is -2.46. The van der Waals surface area contributed by atoms with Gasteiger partial charge in [-0.2, -0.15) is 0 Å². The summed E-state index contributed by atoms with van der Waals surface area (Å²) < 4.78 is 23.6. The number of amides is 1. The first-order valence-corrected chi connectivity index (χ1v) is 21.0. The number of nitrogens with one attached hydrogen (secondary N) is 1. The number of aliphatic hydroxyl groups is 2. The number of Topliss-reactive ketones (excluding diaryl/α,β-unsaturated/α-hetero) is 1. The molecule has 0 saturated carbocycles. The summed E-state index contributed by atoms with van der Waals surface area (Å²) in [5, 5.41) is 64.7. The van der Waals surface area contributed by atoms with Crippen molar-refractivity contribution in [2.45, 2.75) is 138 Å². The van der Waals surface area contributed by atoms with Crippen LogP contribution in [0.3, 0.4) is 0 Å². The average Bonchev–Trinajstić information content (AvgIpc) is 3.49. The number of esters is 1. The zero-order valence-electron chi connectivity index (χ0n) is 37.1. The molecule has 3 aliphatic rings. The number of benzene rings is 2. The van der Waals surface area contributed by atoms with Crippen molar-refractivity contribution in [2.75, 3.05) is 12.4 Å². The summed E-state index contributed by atoms with van der Waals surface area (Å²) in [5.74, 6) is -8.56. The summed E-state index contributed by atoms with van der Waals surface area (Å²) in [6.07, 6.45) is 8.48. The molecule has 2 aromatic rings. The maximum Gasteiger partial charge on any atom is 0.312 e. The fourth-order valence-electron chi connectivity index (χ4n) is 8.05. The number of aliphatic hydroxyl groups excluding tert-OH is 2. The Morgan fingerprint density at radius 2 is 1.64 bits per heavy atom. The second-order valence-corrected chi connectivity index (χ2v) is 16.5. The monoisotopic (exact) mass is 852 g/mol. The number of rotatable bonds is 10. The van der Waals surface area contributed by atoms with Gasteiger partial charge in [-0.25, -0.2) is 0 Å².